The Labute approximate surface area is 113 Å². The smallest absolute Gasteiger partial charge is 0.292 e. The van der Waals surface area contributed by atoms with Crippen LogP contribution in [0.1, 0.15) is 32.3 Å². The summed E-state index contributed by atoms with van der Waals surface area (Å²) in [4.78, 5) is 12.9. The number of nitrogen functional groups attached to an aromatic ring is 1. The Bertz CT molecular complexity index is 476. The standard InChI is InChI=1S/C14H21N3O2/c1-10-4-3-7-16(11(10)2)9-12-5-6-13(15)14(8-12)17(18)19/h5-6,8,10-11H,3-4,7,9,15H2,1-2H3. The molecule has 19 heavy (non-hydrogen) atoms. The molecule has 2 unspecified atom stereocenters. The SMILES string of the molecule is CC1CCCN(Cc2ccc(N)c([N+](=O)[O-])c2)C1C. The van der Waals surface area contributed by atoms with Crippen molar-refractivity contribution in [3.05, 3.63) is 33.9 Å². The van der Waals surface area contributed by atoms with Crippen molar-refractivity contribution in [2.45, 2.75) is 39.3 Å². The molecule has 1 aliphatic rings. The molecule has 0 aromatic heterocycles. The van der Waals surface area contributed by atoms with Crippen LogP contribution in [-0.2, 0) is 6.54 Å². The first kappa shape index (κ1) is 13.8. The van der Waals surface area contributed by atoms with Crippen molar-refractivity contribution in [2.24, 2.45) is 5.92 Å². The maximum absolute atomic E-state index is 10.9. The number of rotatable bonds is 3. The second-order valence-corrected chi connectivity index (χ2v) is 5.48. The number of hydrogen-bond donors (Lipinski definition) is 1. The number of nitrogens with two attached hydrogens (primary N) is 1. The van der Waals surface area contributed by atoms with E-state index < -0.39 is 4.92 Å². The third-order valence-electron chi connectivity index (χ3n) is 4.18. The number of anilines is 1. The number of piperidine rings is 1. The van der Waals surface area contributed by atoms with Crippen molar-refractivity contribution in [2.75, 3.05) is 12.3 Å². The molecule has 104 valence electrons. The Morgan fingerprint density at radius 1 is 1.47 bits per heavy atom. The molecule has 2 atom stereocenters. The lowest BCUT2D eigenvalue weighted by atomic mass is 9.91. The van der Waals surface area contributed by atoms with Crippen LogP contribution in [0.5, 0.6) is 0 Å². The Kier molecular flexibility index (Phi) is 4.04. The van der Waals surface area contributed by atoms with Crippen LogP contribution in [-0.4, -0.2) is 22.4 Å². The van der Waals surface area contributed by atoms with Gasteiger partial charge in [-0.3, -0.25) is 15.0 Å². The van der Waals surface area contributed by atoms with Gasteiger partial charge in [-0.15, -0.1) is 0 Å². The average molecular weight is 263 g/mol. The summed E-state index contributed by atoms with van der Waals surface area (Å²) in [5.74, 6) is 0.678. The molecule has 1 heterocycles. The van der Waals surface area contributed by atoms with E-state index >= 15 is 0 Å². The number of nitrogens with zero attached hydrogens (tertiary/aromatic N) is 2. The molecule has 0 spiro atoms. The molecule has 0 aliphatic carbocycles. The highest BCUT2D eigenvalue weighted by Crippen LogP contribution is 2.27. The summed E-state index contributed by atoms with van der Waals surface area (Å²) in [5, 5.41) is 10.9. The van der Waals surface area contributed by atoms with Gasteiger partial charge in [0.2, 0.25) is 0 Å². The average Bonchev–Trinajstić information content (AvgIpc) is 2.37. The van der Waals surface area contributed by atoms with E-state index in [2.05, 4.69) is 18.7 Å². The minimum Gasteiger partial charge on any atom is -0.393 e. The number of nitro groups is 1. The fourth-order valence-electron chi connectivity index (χ4n) is 2.72. The predicted octanol–water partition coefficient (Wildman–Crippen LogP) is 2.80. The molecule has 2 N–H and O–H groups in total. The van der Waals surface area contributed by atoms with Gasteiger partial charge >= 0.3 is 0 Å². The molecule has 0 saturated carbocycles. The van der Waals surface area contributed by atoms with E-state index in [4.69, 9.17) is 5.73 Å². The van der Waals surface area contributed by atoms with Crippen molar-refractivity contribution < 1.29 is 4.92 Å². The number of likely N-dealkylation sites (tertiary alicyclic amines) is 1. The van der Waals surface area contributed by atoms with E-state index in [0.717, 1.165) is 18.7 Å². The minimum atomic E-state index is -0.416. The van der Waals surface area contributed by atoms with Crippen LogP contribution in [0.15, 0.2) is 18.2 Å². The van der Waals surface area contributed by atoms with E-state index in [1.54, 1.807) is 12.1 Å². The normalized spacial score (nSPS) is 24.3. The van der Waals surface area contributed by atoms with Gasteiger partial charge in [0.15, 0.2) is 0 Å². The third-order valence-corrected chi connectivity index (χ3v) is 4.18. The first-order chi connectivity index (χ1) is 8.99. The lowest BCUT2D eigenvalue weighted by molar-refractivity contribution is -0.384. The number of hydrogen-bond acceptors (Lipinski definition) is 4. The predicted molar refractivity (Wildman–Crippen MR) is 75.8 cm³/mol. The van der Waals surface area contributed by atoms with Crippen molar-refractivity contribution in [3.8, 4) is 0 Å². The molecule has 1 saturated heterocycles. The quantitative estimate of drug-likeness (QED) is 0.517. The maximum atomic E-state index is 10.9. The molecule has 1 aromatic carbocycles. The van der Waals surface area contributed by atoms with Gasteiger partial charge in [-0.25, -0.2) is 0 Å². The molecular weight excluding hydrogens is 242 g/mol. The lowest BCUT2D eigenvalue weighted by Crippen LogP contribution is -2.41. The monoisotopic (exact) mass is 263 g/mol. The highest BCUT2D eigenvalue weighted by Gasteiger charge is 2.25. The van der Waals surface area contributed by atoms with Crippen LogP contribution < -0.4 is 5.73 Å². The molecule has 1 aromatic rings. The first-order valence-electron chi connectivity index (χ1n) is 6.76. The van der Waals surface area contributed by atoms with Gasteiger partial charge in [-0.1, -0.05) is 13.0 Å². The fourth-order valence-corrected chi connectivity index (χ4v) is 2.72. The highest BCUT2D eigenvalue weighted by molar-refractivity contribution is 5.59. The Hall–Kier alpha value is -1.62. The van der Waals surface area contributed by atoms with Crippen LogP contribution >= 0.6 is 0 Å². The van der Waals surface area contributed by atoms with Gasteiger partial charge in [0.1, 0.15) is 5.69 Å². The van der Waals surface area contributed by atoms with E-state index in [1.807, 2.05) is 6.07 Å². The summed E-state index contributed by atoms with van der Waals surface area (Å²) in [6, 6.07) is 5.63. The van der Waals surface area contributed by atoms with E-state index in [1.165, 1.54) is 12.8 Å². The van der Waals surface area contributed by atoms with Gasteiger partial charge < -0.3 is 5.73 Å². The molecule has 5 nitrogen and oxygen atoms in total. The highest BCUT2D eigenvalue weighted by atomic mass is 16.6. The van der Waals surface area contributed by atoms with Crippen LogP contribution in [0, 0.1) is 16.0 Å². The summed E-state index contributed by atoms with van der Waals surface area (Å²) in [7, 11) is 0. The van der Waals surface area contributed by atoms with Gasteiger partial charge in [-0.05, 0) is 43.9 Å². The molecule has 1 fully saturated rings. The van der Waals surface area contributed by atoms with Crippen LogP contribution in [0.25, 0.3) is 0 Å². The summed E-state index contributed by atoms with van der Waals surface area (Å²) >= 11 is 0. The zero-order valence-electron chi connectivity index (χ0n) is 11.5. The molecule has 0 bridgehead atoms. The van der Waals surface area contributed by atoms with Crippen LogP contribution in [0.2, 0.25) is 0 Å². The second kappa shape index (κ2) is 5.57. The third kappa shape index (κ3) is 3.04. The molecule has 0 radical (unpaired) electrons. The zero-order chi connectivity index (χ0) is 14.0. The largest absolute Gasteiger partial charge is 0.393 e. The summed E-state index contributed by atoms with van der Waals surface area (Å²) in [6.07, 6.45) is 2.46. The van der Waals surface area contributed by atoms with Crippen molar-refractivity contribution in [1.82, 2.24) is 4.90 Å². The van der Waals surface area contributed by atoms with Gasteiger partial charge in [0.05, 0.1) is 4.92 Å². The van der Waals surface area contributed by atoms with Gasteiger partial charge in [0, 0.05) is 18.7 Å². The number of benzene rings is 1. The Morgan fingerprint density at radius 2 is 2.21 bits per heavy atom. The van der Waals surface area contributed by atoms with Crippen LogP contribution in [0.3, 0.4) is 0 Å². The molecule has 2 rings (SSSR count). The minimum absolute atomic E-state index is 0.00945. The van der Waals surface area contributed by atoms with E-state index in [0.29, 0.717) is 12.0 Å². The molecule has 1 aliphatic heterocycles. The van der Waals surface area contributed by atoms with Gasteiger partial charge in [-0.2, -0.15) is 0 Å². The summed E-state index contributed by atoms with van der Waals surface area (Å²) in [5.41, 5.74) is 6.82. The van der Waals surface area contributed by atoms with Crippen molar-refractivity contribution >= 4 is 11.4 Å². The molecule has 0 amide bonds. The van der Waals surface area contributed by atoms with Gasteiger partial charge in [0.25, 0.3) is 5.69 Å². The van der Waals surface area contributed by atoms with Crippen LogP contribution in [0.4, 0.5) is 11.4 Å². The maximum Gasteiger partial charge on any atom is 0.292 e. The lowest BCUT2D eigenvalue weighted by Gasteiger charge is -2.37. The fraction of sp³-hybridized carbons (Fsp3) is 0.571. The Morgan fingerprint density at radius 3 is 2.89 bits per heavy atom. The van der Waals surface area contributed by atoms with E-state index in [-0.39, 0.29) is 11.4 Å². The Balaban J connectivity index is 2.15. The number of nitro benzene ring substituents is 1. The van der Waals surface area contributed by atoms with Crippen molar-refractivity contribution in [3.63, 3.8) is 0 Å². The second-order valence-electron chi connectivity index (χ2n) is 5.48. The van der Waals surface area contributed by atoms with Crippen molar-refractivity contribution in [1.29, 1.82) is 0 Å². The molecular formula is C14H21N3O2. The summed E-state index contributed by atoms with van der Waals surface area (Å²) < 4.78 is 0. The topological polar surface area (TPSA) is 72.4 Å². The first-order valence-corrected chi connectivity index (χ1v) is 6.76. The molecule has 5 heteroatoms. The zero-order valence-corrected chi connectivity index (χ0v) is 11.5. The summed E-state index contributed by atoms with van der Waals surface area (Å²) in [6.45, 7) is 6.31. The van der Waals surface area contributed by atoms with E-state index in [9.17, 15) is 10.1 Å².